The molecule has 3 saturated heterocycles. The fourth-order valence-corrected chi connectivity index (χ4v) is 5.97. The van der Waals surface area contributed by atoms with Crippen LogP contribution in [0.15, 0.2) is 78.9 Å². The van der Waals surface area contributed by atoms with Gasteiger partial charge in [0.1, 0.15) is 18.2 Å². The van der Waals surface area contributed by atoms with Crippen molar-refractivity contribution >= 4 is 11.8 Å². The average molecular weight is 526 g/mol. The molecule has 0 N–H and O–H groups in total. The first-order chi connectivity index (χ1) is 17.4. The molecule has 4 nitrogen and oxygen atoms in total. The summed E-state index contributed by atoms with van der Waals surface area (Å²) < 4.78 is 34.5. The van der Waals surface area contributed by atoms with Gasteiger partial charge >= 0.3 is 5.97 Å². The lowest BCUT2D eigenvalue weighted by Gasteiger charge is -2.52. The van der Waals surface area contributed by atoms with Crippen molar-refractivity contribution in [1.29, 1.82) is 0 Å². The molecule has 0 radical (unpaired) electrons. The summed E-state index contributed by atoms with van der Waals surface area (Å²) in [7, 11) is 0. The summed E-state index contributed by atoms with van der Waals surface area (Å²) in [5.41, 5.74) is 1.64. The molecule has 3 aliphatic heterocycles. The van der Waals surface area contributed by atoms with E-state index < -0.39 is 17.7 Å². The van der Waals surface area contributed by atoms with Gasteiger partial charge in [-0.25, -0.2) is 8.78 Å². The van der Waals surface area contributed by atoms with E-state index in [4.69, 9.17) is 4.74 Å². The minimum Gasteiger partial charge on any atom is -1.00 e. The summed E-state index contributed by atoms with van der Waals surface area (Å²) in [5.74, 6) is -0.612. The molecule has 0 spiro atoms. The highest BCUT2D eigenvalue weighted by Gasteiger charge is 2.47. The number of Topliss-reactive ketones (excluding diaryl/α,β-unsaturated/α-hetero) is 1. The number of ether oxygens (including phenoxy) is 1. The van der Waals surface area contributed by atoms with Crippen LogP contribution in [0.2, 0.25) is 0 Å². The molecular formula is C30H30ClF2NO3. The maximum Gasteiger partial charge on any atom is 0.307 e. The van der Waals surface area contributed by atoms with E-state index in [0.29, 0.717) is 28.1 Å². The fraction of sp³-hybridized carbons (Fsp3) is 0.333. The first-order valence-corrected chi connectivity index (χ1v) is 12.5. The van der Waals surface area contributed by atoms with Crippen molar-refractivity contribution in [2.45, 2.75) is 25.4 Å². The highest BCUT2D eigenvalue weighted by atomic mass is 35.5. The SMILES string of the molecule is O=C(C[C@H]1C[N+]2(CC(=O)c3ccccc3)CCC1CC2)OC(c1cccc(F)c1)c1cccc(F)c1.[Cl-]. The van der Waals surface area contributed by atoms with Crippen LogP contribution in [-0.2, 0) is 9.53 Å². The van der Waals surface area contributed by atoms with Crippen LogP contribution >= 0.6 is 0 Å². The minimum absolute atomic E-state index is 0. The van der Waals surface area contributed by atoms with Crippen molar-refractivity contribution in [3.8, 4) is 0 Å². The van der Waals surface area contributed by atoms with E-state index in [1.54, 1.807) is 24.3 Å². The third kappa shape index (κ3) is 6.25. The third-order valence-electron chi connectivity index (χ3n) is 7.79. The molecular weight excluding hydrogens is 496 g/mol. The third-order valence-corrected chi connectivity index (χ3v) is 7.79. The average Bonchev–Trinajstić information content (AvgIpc) is 2.88. The Morgan fingerprint density at radius 1 is 0.865 bits per heavy atom. The van der Waals surface area contributed by atoms with Gasteiger partial charge in [-0.3, -0.25) is 9.59 Å². The van der Waals surface area contributed by atoms with E-state index in [9.17, 15) is 18.4 Å². The number of quaternary nitrogens is 1. The number of rotatable bonds is 8. The molecule has 3 aromatic carbocycles. The number of carbonyl (C=O) groups excluding carboxylic acids is 2. The standard InChI is InChI=1S/C30H30F2NO3.ClH/c31-26-10-4-8-23(16-26)30(24-9-5-11-27(32)17-24)36-29(35)18-25-19-33(14-12-21(25)13-15-33)20-28(34)22-6-2-1-3-7-22;/h1-11,16-17,21,25,30H,12-15,18-20H2;1H/q+1;/p-1/t21?,25-,33?;/m0./s1. The lowest BCUT2D eigenvalue weighted by molar-refractivity contribution is -0.939. The highest BCUT2D eigenvalue weighted by Crippen LogP contribution is 2.40. The van der Waals surface area contributed by atoms with Crippen LogP contribution in [0.1, 0.15) is 46.9 Å². The molecule has 3 aliphatic rings. The van der Waals surface area contributed by atoms with Crippen LogP contribution in [-0.4, -0.2) is 42.4 Å². The zero-order valence-electron chi connectivity index (χ0n) is 20.5. The van der Waals surface area contributed by atoms with Crippen molar-refractivity contribution in [2.75, 3.05) is 26.2 Å². The van der Waals surface area contributed by atoms with E-state index in [2.05, 4.69) is 0 Å². The molecule has 37 heavy (non-hydrogen) atoms. The summed E-state index contributed by atoms with van der Waals surface area (Å²) in [6.07, 6.45) is 1.30. The largest absolute Gasteiger partial charge is 1.00 e. The van der Waals surface area contributed by atoms with Crippen LogP contribution in [0, 0.1) is 23.5 Å². The highest BCUT2D eigenvalue weighted by molar-refractivity contribution is 5.96. The topological polar surface area (TPSA) is 43.4 Å². The lowest BCUT2D eigenvalue weighted by atomic mass is 9.75. The number of carbonyl (C=O) groups is 2. The molecule has 3 aromatic rings. The molecule has 0 saturated carbocycles. The second kappa shape index (κ2) is 11.5. The van der Waals surface area contributed by atoms with Gasteiger partial charge in [0, 0.05) is 24.3 Å². The minimum atomic E-state index is -0.896. The lowest BCUT2D eigenvalue weighted by Crippen LogP contribution is -3.00. The molecule has 0 aromatic heterocycles. The van der Waals surface area contributed by atoms with Gasteiger partial charge < -0.3 is 21.6 Å². The molecule has 2 bridgehead atoms. The summed E-state index contributed by atoms with van der Waals surface area (Å²) in [6.45, 7) is 3.11. The molecule has 7 heteroatoms. The molecule has 1 atom stereocenters. The maximum atomic E-state index is 14.0. The second-order valence-corrected chi connectivity index (χ2v) is 10.2. The van der Waals surface area contributed by atoms with E-state index in [0.717, 1.165) is 38.0 Å². The van der Waals surface area contributed by atoms with Gasteiger partial charge in [-0.1, -0.05) is 54.6 Å². The van der Waals surface area contributed by atoms with Gasteiger partial charge in [0.05, 0.1) is 26.1 Å². The van der Waals surface area contributed by atoms with Crippen LogP contribution in [0.5, 0.6) is 0 Å². The number of benzene rings is 3. The zero-order chi connectivity index (χ0) is 25.1. The Morgan fingerprint density at radius 2 is 1.46 bits per heavy atom. The second-order valence-electron chi connectivity index (χ2n) is 10.2. The van der Waals surface area contributed by atoms with Crippen LogP contribution < -0.4 is 12.4 Å². The van der Waals surface area contributed by atoms with Gasteiger partial charge in [-0.2, -0.15) is 0 Å². The summed E-state index contributed by atoms with van der Waals surface area (Å²) in [6, 6.07) is 21.1. The molecule has 3 heterocycles. The first kappa shape index (κ1) is 27.0. The molecule has 0 unspecified atom stereocenters. The van der Waals surface area contributed by atoms with Gasteiger partial charge in [0.25, 0.3) is 0 Å². The van der Waals surface area contributed by atoms with Gasteiger partial charge in [0.15, 0.2) is 6.10 Å². The van der Waals surface area contributed by atoms with Crippen molar-refractivity contribution in [3.05, 3.63) is 107 Å². The van der Waals surface area contributed by atoms with E-state index in [1.165, 1.54) is 24.3 Å². The van der Waals surface area contributed by atoms with Gasteiger partial charge in [-0.05, 0) is 41.3 Å². The Kier molecular flexibility index (Phi) is 8.40. The Labute approximate surface area is 222 Å². The number of ketones is 1. The summed E-state index contributed by atoms with van der Waals surface area (Å²) in [4.78, 5) is 26.1. The summed E-state index contributed by atoms with van der Waals surface area (Å²) >= 11 is 0. The first-order valence-electron chi connectivity index (χ1n) is 12.5. The van der Waals surface area contributed by atoms with Crippen molar-refractivity contribution in [3.63, 3.8) is 0 Å². The number of esters is 1. The molecule has 194 valence electrons. The maximum absolute atomic E-state index is 14.0. The van der Waals surface area contributed by atoms with Crippen molar-refractivity contribution in [1.82, 2.24) is 0 Å². The Morgan fingerprint density at radius 3 is 2.03 bits per heavy atom. The Hall–Kier alpha value is -3.09. The van der Waals surface area contributed by atoms with Crippen molar-refractivity contribution in [2.24, 2.45) is 11.8 Å². The van der Waals surface area contributed by atoms with Gasteiger partial charge in [-0.15, -0.1) is 0 Å². The van der Waals surface area contributed by atoms with Crippen LogP contribution in [0.25, 0.3) is 0 Å². The predicted molar refractivity (Wildman–Crippen MR) is 132 cm³/mol. The van der Waals surface area contributed by atoms with Gasteiger partial charge in [0.2, 0.25) is 5.78 Å². The molecule has 6 rings (SSSR count). The number of hydrogen-bond donors (Lipinski definition) is 0. The number of hydrogen-bond acceptors (Lipinski definition) is 3. The van der Waals surface area contributed by atoms with Crippen molar-refractivity contribution < 1.29 is 40.0 Å². The number of nitrogens with zero attached hydrogens (tertiary/aromatic N) is 1. The van der Waals surface area contributed by atoms with E-state index >= 15 is 0 Å². The zero-order valence-corrected chi connectivity index (χ0v) is 21.2. The fourth-order valence-electron chi connectivity index (χ4n) is 5.97. The normalized spacial score (nSPS) is 22.4. The Bertz CT molecular complexity index is 1200. The Balaban J connectivity index is 0.00000320. The molecule has 3 fully saturated rings. The predicted octanol–water partition coefficient (Wildman–Crippen LogP) is 2.73. The quantitative estimate of drug-likeness (QED) is 0.258. The van der Waals surface area contributed by atoms with Crippen LogP contribution in [0.4, 0.5) is 8.78 Å². The van der Waals surface area contributed by atoms with E-state index in [1.807, 2.05) is 30.3 Å². The summed E-state index contributed by atoms with van der Waals surface area (Å²) in [5, 5.41) is 0. The molecule has 0 amide bonds. The molecule has 0 aliphatic carbocycles. The smallest absolute Gasteiger partial charge is 0.307 e. The number of fused-ring (bicyclic) bond motifs is 3. The monoisotopic (exact) mass is 525 g/mol. The van der Waals surface area contributed by atoms with Crippen LogP contribution in [0.3, 0.4) is 0 Å². The number of piperidine rings is 3. The van der Waals surface area contributed by atoms with E-state index in [-0.39, 0.29) is 36.5 Å². The number of halogens is 3.